The number of phenolic OH excluding ortho intramolecular Hbond substituents is 1. The van der Waals surface area contributed by atoms with Gasteiger partial charge in [-0.2, -0.15) is 0 Å². The molecule has 4 aromatic rings. The minimum Gasteiger partial charge on any atom is -0.503 e. The minimum absolute atomic E-state index is 0. The summed E-state index contributed by atoms with van der Waals surface area (Å²) in [4.78, 5) is 43.3. The van der Waals surface area contributed by atoms with E-state index < -0.39 is 58.3 Å². The van der Waals surface area contributed by atoms with Crippen molar-refractivity contribution < 1.29 is 79.1 Å². The predicted octanol–water partition coefficient (Wildman–Crippen LogP) is 12.3. The van der Waals surface area contributed by atoms with Gasteiger partial charge in [0, 0.05) is 49.0 Å². The first-order valence-electron chi connectivity index (χ1n) is 23.2. The summed E-state index contributed by atoms with van der Waals surface area (Å²) in [5.41, 5.74) is 2.50. The molecule has 0 spiro atoms. The Morgan fingerprint density at radius 3 is 1.04 bits per heavy atom. The minimum atomic E-state index is -0.966. The van der Waals surface area contributed by atoms with Crippen molar-refractivity contribution in [1.29, 1.82) is 0 Å². The third-order valence-corrected chi connectivity index (χ3v) is 12.7. The number of aliphatic hydroxyl groups excluding tert-OH is 1. The quantitative estimate of drug-likeness (QED) is 0.0638. The molecule has 0 radical (unpaired) electrons. The highest BCUT2D eigenvalue weighted by Gasteiger charge is 2.43. The summed E-state index contributed by atoms with van der Waals surface area (Å²) < 4.78 is 116. The molecule has 0 heterocycles. The number of esters is 2. The van der Waals surface area contributed by atoms with E-state index in [9.17, 15) is 54.3 Å². The zero-order valence-corrected chi connectivity index (χ0v) is 41.1. The number of hydrogen-bond donors (Lipinski definition) is 3. The maximum absolute atomic E-state index is 13.4. The molecular weight excluding hydrogens is 968 g/mol. The van der Waals surface area contributed by atoms with Crippen LogP contribution in [0.25, 0.3) is 0 Å². The normalized spacial score (nSPS) is 21.6. The molecule has 9 nitrogen and oxygen atoms in total. The second-order valence-corrected chi connectivity index (χ2v) is 17.9. The van der Waals surface area contributed by atoms with Crippen LogP contribution in [0.5, 0.6) is 5.75 Å². The average Bonchev–Trinajstić information content (AvgIpc) is 4.08. The lowest BCUT2D eigenvalue weighted by molar-refractivity contribution is -0.144. The van der Waals surface area contributed by atoms with Gasteiger partial charge in [-0.15, -0.1) is 12.4 Å². The molecule has 4 aromatic carbocycles. The van der Waals surface area contributed by atoms with Crippen molar-refractivity contribution in [3.05, 3.63) is 134 Å². The molecule has 4 aliphatic carbocycles. The number of hydrogen-bond acceptors (Lipinski definition) is 8. The Hall–Kier alpha value is -5.55. The summed E-state index contributed by atoms with van der Waals surface area (Å²) in [7, 11) is 0. The Kier molecular flexibility index (Phi) is 23.0. The Labute approximate surface area is 414 Å². The lowest BCUT2D eigenvalue weighted by atomic mass is 10.1. The van der Waals surface area contributed by atoms with Gasteiger partial charge in [-0.3, -0.25) is 14.4 Å². The number of aliphatic hydroxyl groups is 1. The summed E-state index contributed by atoms with van der Waals surface area (Å²) in [6.45, 7) is 10.3. The van der Waals surface area contributed by atoms with Crippen LogP contribution in [0.4, 0.5) is 35.1 Å². The number of benzene rings is 4. The van der Waals surface area contributed by atoms with Crippen LogP contribution >= 0.6 is 12.4 Å². The van der Waals surface area contributed by atoms with Gasteiger partial charge in [-0.1, -0.05) is 0 Å². The molecule has 4 saturated carbocycles. The first-order chi connectivity index (χ1) is 33.1. The zero-order chi connectivity index (χ0) is 52.1. The number of carboxylic acids is 1. The Balaban J connectivity index is 0.000000245. The van der Waals surface area contributed by atoms with Gasteiger partial charge in [-0.05, 0) is 185 Å². The topological polar surface area (TPSA) is 147 Å². The maximum atomic E-state index is 13.4. The maximum Gasteiger partial charge on any atom is 0.306 e. The van der Waals surface area contributed by atoms with Crippen molar-refractivity contribution >= 4 is 36.6 Å². The number of carbonyl (C=O) groups excluding carboxylic acids is 3. The molecule has 8 unspecified atom stereocenters. The monoisotopic (exact) mass is 1030 g/mol. The van der Waals surface area contributed by atoms with Crippen molar-refractivity contribution in [3.63, 3.8) is 0 Å². The zero-order valence-electron chi connectivity index (χ0n) is 40.3. The van der Waals surface area contributed by atoms with Crippen LogP contribution in [0.2, 0.25) is 0 Å². The van der Waals surface area contributed by atoms with Gasteiger partial charge in [0.05, 0.1) is 13.2 Å². The number of aliphatic carboxylic acids is 1. The first-order valence-corrected chi connectivity index (χ1v) is 23.2. The van der Waals surface area contributed by atoms with E-state index in [1.165, 1.54) is 57.2 Å². The Morgan fingerprint density at radius 1 is 0.521 bits per heavy atom. The van der Waals surface area contributed by atoms with E-state index in [1.807, 2.05) is 0 Å². The highest BCUT2D eigenvalue weighted by Crippen LogP contribution is 2.52. The number of ether oxygens (including phenoxy) is 2. The summed E-state index contributed by atoms with van der Waals surface area (Å²) in [5, 5.41) is 25.2. The van der Waals surface area contributed by atoms with Gasteiger partial charge in [0.25, 0.3) is 0 Å². The van der Waals surface area contributed by atoms with Crippen LogP contribution in [0.3, 0.4) is 0 Å². The molecule has 0 saturated heterocycles. The number of aromatic hydroxyl groups is 1. The molecule has 4 fully saturated rings. The molecule has 0 amide bonds. The number of carbonyl (C=O) groups is 4. The second-order valence-electron chi connectivity index (χ2n) is 17.9. The smallest absolute Gasteiger partial charge is 0.306 e. The first kappa shape index (κ1) is 59.8. The fraction of sp³-hybridized carbons (Fsp3) is 0.472. The Morgan fingerprint density at radius 2 is 0.775 bits per heavy atom. The summed E-state index contributed by atoms with van der Waals surface area (Å²) >= 11 is 0. The van der Waals surface area contributed by atoms with E-state index in [4.69, 9.17) is 24.8 Å². The number of aldehydes is 1. The standard InChI is InChI=1S/C14H16F2O2.C13H14F2O3.C12H12F2O2.C12H12F2O.C2H6O.ClH/c1-3-18-14(17)7-9-4-11(9)10-5-12(15)8(2)13(16)6-10;1-2-18-12(16)6-7-3-9(7)8-4-10(14)13(17)11(15)5-8;1-6-10(13)3-8(4-11(6)14)9-2-7(9)5-12(15)16;1-7-11(13)5-9(6-12(7)14)10-4-8(10)2-3-15;1-2-3;/h5-6,9,11H,3-4,7H2,1-2H3;4-5,7,9,17H,2-3,6H2,1H3;3-4,7,9H,2,5H2,1H3,(H,15,16);3,5-6,8,10H,2,4H2,1H3;3H,2H2,1H3;1H. The molecule has 8 atom stereocenters. The number of phenols is 1. The van der Waals surface area contributed by atoms with Gasteiger partial charge in [0.1, 0.15) is 41.2 Å². The second kappa shape index (κ2) is 27.3. The van der Waals surface area contributed by atoms with Gasteiger partial charge in [0.15, 0.2) is 17.4 Å². The molecule has 390 valence electrons. The molecule has 0 bridgehead atoms. The van der Waals surface area contributed by atoms with Crippen LogP contribution < -0.4 is 0 Å². The van der Waals surface area contributed by atoms with Crippen LogP contribution in [-0.4, -0.2) is 59.3 Å². The van der Waals surface area contributed by atoms with Gasteiger partial charge in [-0.25, -0.2) is 35.1 Å². The molecule has 0 aliphatic heterocycles. The van der Waals surface area contributed by atoms with Gasteiger partial charge >= 0.3 is 17.9 Å². The molecule has 4 aliphatic rings. The largest absolute Gasteiger partial charge is 0.503 e. The molecule has 71 heavy (non-hydrogen) atoms. The highest BCUT2D eigenvalue weighted by molar-refractivity contribution is 5.85. The number of carboxylic acid groups (broad SMARTS) is 1. The van der Waals surface area contributed by atoms with Crippen molar-refractivity contribution in [2.75, 3.05) is 19.8 Å². The van der Waals surface area contributed by atoms with Crippen molar-refractivity contribution in [3.8, 4) is 5.75 Å². The van der Waals surface area contributed by atoms with E-state index in [2.05, 4.69) is 0 Å². The van der Waals surface area contributed by atoms with E-state index in [0.717, 1.165) is 31.3 Å². The van der Waals surface area contributed by atoms with Gasteiger partial charge in [0.2, 0.25) is 0 Å². The van der Waals surface area contributed by atoms with Gasteiger partial charge < -0.3 is 29.6 Å². The fourth-order valence-electron chi connectivity index (χ4n) is 8.21. The molecular formula is C53H61ClF8O9. The van der Waals surface area contributed by atoms with Crippen LogP contribution in [0.1, 0.15) is 135 Å². The van der Waals surface area contributed by atoms with Crippen molar-refractivity contribution in [2.24, 2.45) is 23.7 Å². The summed E-state index contributed by atoms with van der Waals surface area (Å²) in [5.74, 6) is -6.67. The Bertz CT molecular complexity index is 2310. The lowest BCUT2D eigenvalue weighted by Crippen LogP contribution is -2.05. The molecule has 0 aromatic heterocycles. The molecule has 18 heteroatoms. The predicted molar refractivity (Wildman–Crippen MR) is 250 cm³/mol. The number of rotatable bonds is 14. The lowest BCUT2D eigenvalue weighted by Gasteiger charge is -2.05. The molecule has 8 rings (SSSR count). The van der Waals surface area contributed by atoms with Crippen LogP contribution in [0, 0.1) is 91.0 Å². The average molecular weight is 1030 g/mol. The van der Waals surface area contributed by atoms with Crippen LogP contribution in [-0.2, 0) is 28.7 Å². The van der Waals surface area contributed by atoms with E-state index >= 15 is 0 Å². The third-order valence-electron chi connectivity index (χ3n) is 12.7. The van der Waals surface area contributed by atoms with Crippen LogP contribution in [0.15, 0.2) is 48.5 Å². The SMILES string of the molecule is CCO.CCOC(=O)CC1CC1c1cc(F)c(C)c(F)c1.CCOC(=O)CC1CC1c1cc(F)c(O)c(F)c1.Cc1c(F)cc(C2CC2CC(=O)O)cc1F.Cc1c(F)cc(C2CC2CC=O)cc1F.Cl. The molecule has 3 N–H and O–H groups in total. The highest BCUT2D eigenvalue weighted by atomic mass is 35.5. The van der Waals surface area contributed by atoms with E-state index in [-0.39, 0.29) is 108 Å². The fourth-order valence-corrected chi connectivity index (χ4v) is 8.21. The summed E-state index contributed by atoms with van der Waals surface area (Å²) in [6.07, 6.45) is 5.09. The third kappa shape index (κ3) is 17.6. The van der Waals surface area contributed by atoms with E-state index in [0.29, 0.717) is 61.2 Å². The summed E-state index contributed by atoms with van der Waals surface area (Å²) in [6, 6.07) is 10.4. The van der Waals surface area contributed by atoms with Crippen molar-refractivity contribution in [2.45, 2.75) is 117 Å². The van der Waals surface area contributed by atoms with E-state index in [1.54, 1.807) is 20.8 Å². The number of halogens is 9. The van der Waals surface area contributed by atoms with Crippen molar-refractivity contribution in [1.82, 2.24) is 0 Å².